The van der Waals surface area contributed by atoms with Gasteiger partial charge < -0.3 is 14.2 Å². The zero-order valence-corrected chi connectivity index (χ0v) is 15.5. The Morgan fingerprint density at radius 1 is 1.28 bits per heavy atom. The second-order valence-corrected chi connectivity index (χ2v) is 7.22. The zero-order valence-electron chi connectivity index (χ0n) is 15.5. The molecule has 0 aliphatic carbocycles. The zero-order chi connectivity index (χ0) is 17.9. The van der Waals surface area contributed by atoms with E-state index in [2.05, 4.69) is 27.0 Å². The van der Waals surface area contributed by atoms with Crippen molar-refractivity contribution < 1.29 is 14.1 Å². The molecule has 0 unspecified atom stereocenters. The number of aromatic nitrogens is 2. The molecular weight excluding hydrogens is 322 g/mol. The fourth-order valence-electron chi connectivity index (χ4n) is 3.94. The number of hydrogen-bond acceptors (Lipinski definition) is 7. The number of piperazine rings is 1. The first-order valence-electron chi connectivity index (χ1n) is 9.02. The second kappa shape index (κ2) is 7.80. The van der Waals surface area contributed by atoms with Crippen molar-refractivity contribution in [3.8, 4) is 0 Å². The predicted octanol–water partition coefficient (Wildman–Crippen LogP) is 0.523. The smallest absolute Gasteiger partial charge is 0.240 e. The van der Waals surface area contributed by atoms with Crippen LogP contribution in [0, 0.1) is 6.92 Å². The molecule has 2 aliphatic rings. The molecule has 1 aromatic rings. The van der Waals surface area contributed by atoms with Crippen molar-refractivity contribution in [3.05, 3.63) is 11.7 Å². The van der Waals surface area contributed by atoms with Gasteiger partial charge in [-0.15, -0.1) is 0 Å². The highest BCUT2D eigenvalue weighted by molar-refractivity contribution is 5.76. The molecule has 0 radical (unpaired) electrons. The Bertz CT molecular complexity index is 593. The Morgan fingerprint density at radius 3 is 2.84 bits per heavy atom. The summed E-state index contributed by atoms with van der Waals surface area (Å²) in [5.74, 6) is 1.59. The van der Waals surface area contributed by atoms with Crippen LogP contribution in [-0.4, -0.2) is 89.8 Å². The number of carbonyl (C=O) groups is 1. The van der Waals surface area contributed by atoms with Crippen molar-refractivity contribution in [2.75, 3.05) is 53.5 Å². The van der Waals surface area contributed by atoms with Crippen molar-refractivity contribution >= 4 is 5.91 Å². The van der Waals surface area contributed by atoms with Gasteiger partial charge in [0.05, 0.1) is 13.2 Å². The molecule has 8 heteroatoms. The van der Waals surface area contributed by atoms with Crippen LogP contribution >= 0.6 is 0 Å². The lowest BCUT2D eigenvalue weighted by Gasteiger charge is -2.49. The molecule has 140 valence electrons. The van der Waals surface area contributed by atoms with Gasteiger partial charge in [0.1, 0.15) is 0 Å². The highest BCUT2D eigenvalue weighted by Gasteiger charge is 2.42. The van der Waals surface area contributed by atoms with Gasteiger partial charge in [-0.05, 0) is 26.8 Å². The number of methoxy groups -OCH3 is 1. The van der Waals surface area contributed by atoms with Crippen LogP contribution in [0.1, 0.15) is 31.0 Å². The van der Waals surface area contributed by atoms with E-state index >= 15 is 0 Å². The van der Waals surface area contributed by atoms with Crippen LogP contribution in [0.5, 0.6) is 0 Å². The minimum atomic E-state index is 0.0325. The average molecular weight is 351 g/mol. The maximum absolute atomic E-state index is 12.4. The van der Waals surface area contributed by atoms with Gasteiger partial charge in [0.15, 0.2) is 5.82 Å². The highest BCUT2D eigenvalue weighted by atomic mass is 16.5. The van der Waals surface area contributed by atoms with E-state index < -0.39 is 0 Å². The first-order valence-corrected chi connectivity index (χ1v) is 9.02. The molecule has 2 fully saturated rings. The number of aryl methyl sites for hydroxylation is 1. The number of rotatable bonds is 5. The van der Waals surface area contributed by atoms with Gasteiger partial charge in [-0.2, -0.15) is 4.98 Å². The average Bonchev–Trinajstić information content (AvgIpc) is 2.93. The lowest BCUT2D eigenvalue weighted by Crippen LogP contribution is -2.60. The Balaban J connectivity index is 1.66. The van der Waals surface area contributed by atoms with Crippen LogP contribution in [0.15, 0.2) is 4.52 Å². The van der Waals surface area contributed by atoms with Gasteiger partial charge in [0.2, 0.25) is 11.8 Å². The number of amides is 1. The third-order valence-corrected chi connectivity index (χ3v) is 5.58. The molecule has 2 saturated heterocycles. The highest BCUT2D eigenvalue weighted by Crippen LogP contribution is 2.32. The first-order chi connectivity index (χ1) is 12.0. The minimum absolute atomic E-state index is 0.0325. The Hall–Kier alpha value is -1.51. The van der Waals surface area contributed by atoms with E-state index in [4.69, 9.17) is 9.26 Å². The van der Waals surface area contributed by atoms with Crippen LogP contribution in [0.2, 0.25) is 0 Å². The summed E-state index contributed by atoms with van der Waals surface area (Å²) in [5.41, 5.74) is 0.0325. The van der Waals surface area contributed by atoms with Crippen LogP contribution in [0.4, 0.5) is 0 Å². The molecule has 25 heavy (non-hydrogen) atoms. The molecule has 0 saturated carbocycles. The number of ether oxygens (including phenoxy) is 1. The Labute approximate surface area is 149 Å². The lowest BCUT2D eigenvalue weighted by atomic mass is 9.86. The molecule has 1 spiro atoms. The Morgan fingerprint density at radius 2 is 2.12 bits per heavy atom. The van der Waals surface area contributed by atoms with Gasteiger partial charge in [-0.25, -0.2) is 0 Å². The minimum Gasteiger partial charge on any atom is -0.383 e. The standard InChI is InChI=1S/C17H29N5O3/c1-14-18-15(25-19-14)12-21-9-8-20(2)17(13-21)5-4-16(23)22(7-6-17)10-11-24-3/h4-13H2,1-3H3/t17-/m1/s1. The Kier molecular flexibility index (Phi) is 5.71. The van der Waals surface area contributed by atoms with E-state index in [0.717, 1.165) is 39.0 Å². The molecule has 3 heterocycles. The number of nitrogens with zero attached hydrogens (tertiary/aromatic N) is 5. The third kappa shape index (κ3) is 4.19. The number of carbonyl (C=O) groups excluding carboxylic acids is 1. The molecule has 1 aromatic heterocycles. The molecule has 0 aromatic carbocycles. The quantitative estimate of drug-likeness (QED) is 0.766. The van der Waals surface area contributed by atoms with Gasteiger partial charge in [-0.1, -0.05) is 5.16 Å². The second-order valence-electron chi connectivity index (χ2n) is 7.22. The molecule has 0 bridgehead atoms. The van der Waals surface area contributed by atoms with E-state index in [-0.39, 0.29) is 11.4 Å². The first kappa shape index (κ1) is 18.3. The molecule has 2 aliphatic heterocycles. The van der Waals surface area contributed by atoms with Gasteiger partial charge in [0, 0.05) is 51.8 Å². The summed E-state index contributed by atoms with van der Waals surface area (Å²) in [6.07, 6.45) is 2.48. The summed E-state index contributed by atoms with van der Waals surface area (Å²) in [6, 6.07) is 0. The van der Waals surface area contributed by atoms with Crippen LogP contribution in [0.3, 0.4) is 0 Å². The van der Waals surface area contributed by atoms with E-state index in [0.29, 0.717) is 37.8 Å². The molecule has 3 rings (SSSR count). The maximum atomic E-state index is 12.4. The molecule has 1 amide bonds. The van der Waals surface area contributed by atoms with Crippen molar-refractivity contribution in [2.45, 2.75) is 38.3 Å². The third-order valence-electron chi connectivity index (χ3n) is 5.58. The van der Waals surface area contributed by atoms with Gasteiger partial charge >= 0.3 is 0 Å². The van der Waals surface area contributed by atoms with E-state index in [1.165, 1.54) is 0 Å². The molecular formula is C17H29N5O3. The summed E-state index contributed by atoms with van der Waals surface area (Å²) in [5, 5.41) is 3.88. The van der Waals surface area contributed by atoms with Crippen LogP contribution in [0.25, 0.3) is 0 Å². The van der Waals surface area contributed by atoms with E-state index in [9.17, 15) is 4.79 Å². The van der Waals surface area contributed by atoms with Crippen molar-refractivity contribution in [1.82, 2.24) is 24.8 Å². The molecule has 8 nitrogen and oxygen atoms in total. The molecule has 1 atom stereocenters. The fraction of sp³-hybridized carbons (Fsp3) is 0.824. The van der Waals surface area contributed by atoms with Gasteiger partial charge in [0.25, 0.3) is 0 Å². The predicted molar refractivity (Wildman–Crippen MR) is 92.0 cm³/mol. The van der Waals surface area contributed by atoms with Gasteiger partial charge in [-0.3, -0.25) is 14.6 Å². The summed E-state index contributed by atoms with van der Waals surface area (Å²) in [4.78, 5) is 23.5. The maximum Gasteiger partial charge on any atom is 0.240 e. The largest absolute Gasteiger partial charge is 0.383 e. The van der Waals surface area contributed by atoms with Crippen molar-refractivity contribution in [3.63, 3.8) is 0 Å². The van der Waals surface area contributed by atoms with Crippen molar-refractivity contribution in [1.29, 1.82) is 0 Å². The summed E-state index contributed by atoms with van der Waals surface area (Å²) < 4.78 is 10.4. The summed E-state index contributed by atoms with van der Waals surface area (Å²) in [6.45, 7) is 7.47. The van der Waals surface area contributed by atoms with Crippen molar-refractivity contribution in [2.24, 2.45) is 0 Å². The monoisotopic (exact) mass is 351 g/mol. The lowest BCUT2D eigenvalue weighted by molar-refractivity contribution is -0.131. The summed E-state index contributed by atoms with van der Waals surface area (Å²) in [7, 11) is 3.86. The van der Waals surface area contributed by atoms with E-state index in [1.54, 1.807) is 7.11 Å². The van der Waals surface area contributed by atoms with E-state index in [1.807, 2.05) is 11.8 Å². The summed E-state index contributed by atoms with van der Waals surface area (Å²) >= 11 is 0. The topological polar surface area (TPSA) is 74.9 Å². The normalized spacial score (nSPS) is 26.4. The number of likely N-dealkylation sites (tertiary alicyclic amines) is 1. The fourth-order valence-corrected chi connectivity index (χ4v) is 3.94. The molecule has 0 N–H and O–H groups in total. The SMILES string of the molecule is COCCN1CC[C@]2(CCC1=O)CN(Cc1nc(C)no1)CCN2C. The number of likely N-dealkylation sites (N-methyl/N-ethyl adjacent to an activating group) is 1. The van der Waals surface area contributed by atoms with Crippen LogP contribution < -0.4 is 0 Å². The van der Waals surface area contributed by atoms with Crippen LogP contribution in [-0.2, 0) is 16.1 Å². The number of hydrogen-bond donors (Lipinski definition) is 0.